The normalized spacial score (nSPS) is 11.9. The van der Waals surface area contributed by atoms with Crippen LogP contribution in [-0.2, 0) is 16.4 Å². The van der Waals surface area contributed by atoms with E-state index in [1.807, 2.05) is 37.2 Å². The average Bonchev–Trinajstić information content (AvgIpc) is 2.64. The van der Waals surface area contributed by atoms with Crippen molar-refractivity contribution in [2.24, 2.45) is 0 Å². The summed E-state index contributed by atoms with van der Waals surface area (Å²) in [6.45, 7) is 1.59. The molecule has 0 aliphatic carbocycles. The molecule has 0 bridgehead atoms. The summed E-state index contributed by atoms with van der Waals surface area (Å²) >= 11 is 0. The summed E-state index contributed by atoms with van der Waals surface area (Å²) in [5.41, 5.74) is 1.22. The van der Waals surface area contributed by atoms with Gasteiger partial charge < -0.3 is 9.64 Å². The molecule has 0 aliphatic rings. The highest BCUT2D eigenvalue weighted by atomic mass is 32.2. The lowest BCUT2D eigenvalue weighted by Crippen LogP contribution is -2.37. The van der Waals surface area contributed by atoms with Gasteiger partial charge in [-0.2, -0.15) is 4.31 Å². The predicted octanol–water partition coefficient (Wildman–Crippen LogP) is 2.88. The van der Waals surface area contributed by atoms with Gasteiger partial charge in [-0.05, 0) is 44.6 Å². The highest BCUT2D eigenvalue weighted by Crippen LogP contribution is 2.26. The molecule has 0 aromatic heterocycles. The Labute approximate surface area is 157 Å². The van der Waals surface area contributed by atoms with Crippen LogP contribution in [0.2, 0.25) is 0 Å². The number of benzene rings is 2. The molecule has 5 nitrogen and oxygen atoms in total. The second-order valence-electron chi connectivity index (χ2n) is 6.45. The zero-order valence-corrected chi connectivity index (χ0v) is 16.6. The van der Waals surface area contributed by atoms with E-state index in [9.17, 15) is 8.42 Å². The van der Waals surface area contributed by atoms with Crippen molar-refractivity contribution < 1.29 is 13.2 Å². The highest BCUT2D eigenvalue weighted by Gasteiger charge is 2.27. The number of methoxy groups -OCH3 is 1. The van der Waals surface area contributed by atoms with Crippen LogP contribution in [0.1, 0.15) is 12.0 Å². The minimum absolute atomic E-state index is 0.223. The summed E-state index contributed by atoms with van der Waals surface area (Å²) in [5, 5.41) is 0. The van der Waals surface area contributed by atoms with Gasteiger partial charge >= 0.3 is 0 Å². The summed E-state index contributed by atoms with van der Waals surface area (Å²) in [6, 6.07) is 16.9. The van der Waals surface area contributed by atoms with Gasteiger partial charge in [0, 0.05) is 19.6 Å². The lowest BCUT2D eigenvalue weighted by Gasteiger charge is -2.24. The van der Waals surface area contributed by atoms with E-state index in [1.54, 1.807) is 28.6 Å². The largest absolute Gasteiger partial charge is 0.495 e. The molecule has 0 saturated carbocycles. The molecule has 0 aliphatic heterocycles. The first-order valence-corrected chi connectivity index (χ1v) is 10.2. The van der Waals surface area contributed by atoms with Crippen molar-refractivity contribution >= 4 is 10.0 Å². The highest BCUT2D eigenvalue weighted by molar-refractivity contribution is 7.89. The van der Waals surface area contributed by atoms with Crippen LogP contribution in [0, 0.1) is 0 Å². The fraction of sp³-hybridized carbons (Fsp3) is 0.400. The van der Waals surface area contributed by atoms with E-state index < -0.39 is 10.0 Å². The van der Waals surface area contributed by atoms with Crippen LogP contribution in [0.3, 0.4) is 0 Å². The fourth-order valence-corrected chi connectivity index (χ4v) is 4.36. The van der Waals surface area contributed by atoms with Gasteiger partial charge in [0.25, 0.3) is 0 Å². The number of likely N-dealkylation sites (N-methyl/N-ethyl adjacent to an activating group) is 1. The van der Waals surface area contributed by atoms with Crippen molar-refractivity contribution in [3.05, 3.63) is 60.2 Å². The molecule has 142 valence electrons. The molecule has 0 saturated heterocycles. The number of aryl methyl sites for hydroxylation is 1. The topological polar surface area (TPSA) is 49.9 Å². The number of ether oxygens (including phenoxy) is 1. The predicted molar refractivity (Wildman–Crippen MR) is 105 cm³/mol. The van der Waals surface area contributed by atoms with Crippen LogP contribution in [0.25, 0.3) is 0 Å². The minimum Gasteiger partial charge on any atom is -0.495 e. The van der Waals surface area contributed by atoms with Crippen LogP contribution >= 0.6 is 0 Å². The van der Waals surface area contributed by atoms with Gasteiger partial charge in [-0.1, -0.05) is 42.5 Å². The molecule has 0 spiro atoms. The summed E-state index contributed by atoms with van der Waals surface area (Å²) < 4.78 is 33.2. The quantitative estimate of drug-likeness (QED) is 0.640. The maximum absolute atomic E-state index is 13.2. The van der Waals surface area contributed by atoms with E-state index >= 15 is 0 Å². The van der Waals surface area contributed by atoms with Gasteiger partial charge in [-0.3, -0.25) is 0 Å². The van der Waals surface area contributed by atoms with Crippen LogP contribution < -0.4 is 4.74 Å². The Balaban J connectivity index is 2.16. The van der Waals surface area contributed by atoms with Gasteiger partial charge in [-0.25, -0.2) is 8.42 Å². The Bertz CT molecular complexity index is 777. The lowest BCUT2D eigenvalue weighted by atomic mass is 10.1. The zero-order valence-electron chi connectivity index (χ0n) is 15.8. The number of hydrogen-bond acceptors (Lipinski definition) is 4. The van der Waals surface area contributed by atoms with Gasteiger partial charge in [0.15, 0.2) is 0 Å². The summed E-state index contributed by atoms with van der Waals surface area (Å²) in [6.07, 6.45) is 1.62. The molecule has 2 aromatic carbocycles. The number of hydrogen-bond donors (Lipinski definition) is 0. The molecule has 0 amide bonds. The van der Waals surface area contributed by atoms with Crippen molar-refractivity contribution in [2.45, 2.75) is 17.7 Å². The molecule has 0 N–H and O–H groups in total. The molecule has 0 unspecified atom stereocenters. The van der Waals surface area contributed by atoms with Crippen LogP contribution in [-0.4, -0.2) is 58.5 Å². The van der Waals surface area contributed by atoms with E-state index in [0.717, 1.165) is 12.8 Å². The molecule has 2 aromatic rings. The van der Waals surface area contributed by atoms with Crippen molar-refractivity contribution in [2.75, 3.05) is 40.8 Å². The minimum atomic E-state index is -3.61. The number of rotatable bonds is 10. The van der Waals surface area contributed by atoms with Crippen LogP contribution in [0.15, 0.2) is 59.5 Å². The van der Waals surface area contributed by atoms with Gasteiger partial charge in [0.1, 0.15) is 10.6 Å². The third-order valence-corrected chi connectivity index (χ3v) is 6.14. The van der Waals surface area contributed by atoms with Crippen molar-refractivity contribution in [1.29, 1.82) is 0 Å². The third kappa shape index (κ3) is 5.56. The molecule has 26 heavy (non-hydrogen) atoms. The first kappa shape index (κ1) is 20.4. The summed E-state index contributed by atoms with van der Waals surface area (Å²) in [5.74, 6) is 0.380. The van der Waals surface area contributed by atoms with Crippen molar-refractivity contribution in [3.8, 4) is 5.75 Å². The number of para-hydroxylation sites is 1. The Morgan fingerprint density at radius 3 is 2.19 bits per heavy atom. The molecular weight excluding hydrogens is 348 g/mol. The van der Waals surface area contributed by atoms with E-state index in [0.29, 0.717) is 25.4 Å². The van der Waals surface area contributed by atoms with E-state index in [1.165, 1.54) is 12.7 Å². The zero-order chi connectivity index (χ0) is 19.0. The monoisotopic (exact) mass is 376 g/mol. The second kappa shape index (κ2) is 9.71. The number of nitrogens with zero attached hydrogens (tertiary/aromatic N) is 2. The molecule has 0 heterocycles. The Morgan fingerprint density at radius 2 is 1.54 bits per heavy atom. The second-order valence-corrected chi connectivity index (χ2v) is 8.35. The van der Waals surface area contributed by atoms with Crippen LogP contribution in [0.4, 0.5) is 0 Å². The molecule has 0 atom stereocenters. The molecule has 0 fully saturated rings. The van der Waals surface area contributed by atoms with E-state index in [2.05, 4.69) is 12.1 Å². The Hall–Kier alpha value is -1.89. The van der Waals surface area contributed by atoms with Crippen LogP contribution in [0.5, 0.6) is 5.75 Å². The van der Waals surface area contributed by atoms with Crippen molar-refractivity contribution in [3.63, 3.8) is 0 Å². The maximum atomic E-state index is 13.2. The Kier molecular flexibility index (Phi) is 7.63. The molecule has 2 rings (SSSR count). The fourth-order valence-electron chi connectivity index (χ4n) is 2.74. The number of sulfonamides is 1. The summed E-state index contributed by atoms with van der Waals surface area (Å²) in [4.78, 5) is 2.21. The SMILES string of the molecule is COc1ccccc1S(=O)(=O)N(CCCc1ccccc1)CCN(C)C. The lowest BCUT2D eigenvalue weighted by molar-refractivity contribution is 0.328. The van der Waals surface area contributed by atoms with Gasteiger partial charge in [0.2, 0.25) is 10.0 Å². The average molecular weight is 377 g/mol. The maximum Gasteiger partial charge on any atom is 0.246 e. The Morgan fingerprint density at radius 1 is 0.885 bits per heavy atom. The van der Waals surface area contributed by atoms with E-state index in [-0.39, 0.29) is 4.90 Å². The van der Waals surface area contributed by atoms with Gasteiger partial charge in [-0.15, -0.1) is 0 Å². The summed E-state index contributed by atoms with van der Waals surface area (Å²) in [7, 11) is 1.77. The van der Waals surface area contributed by atoms with E-state index in [4.69, 9.17) is 4.74 Å². The van der Waals surface area contributed by atoms with Crippen molar-refractivity contribution in [1.82, 2.24) is 9.21 Å². The van der Waals surface area contributed by atoms with Gasteiger partial charge in [0.05, 0.1) is 7.11 Å². The molecule has 6 heteroatoms. The smallest absolute Gasteiger partial charge is 0.246 e. The molecular formula is C20H28N2O3S. The molecule has 0 radical (unpaired) electrons. The third-order valence-electron chi connectivity index (χ3n) is 4.20. The first-order chi connectivity index (χ1) is 12.4. The standard InChI is InChI=1S/C20H28N2O3S/c1-21(2)16-17-22(15-9-12-18-10-5-4-6-11-18)26(23,24)20-14-8-7-13-19(20)25-3/h4-8,10-11,13-14H,9,12,15-17H2,1-3H3. The first-order valence-electron chi connectivity index (χ1n) is 8.77.